The van der Waals surface area contributed by atoms with Crippen molar-refractivity contribution < 1.29 is 9.59 Å². The summed E-state index contributed by atoms with van der Waals surface area (Å²) in [5, 5.41) is 2.65. The van der Waals surface area contributed by atoms with Crippen LogP contribution >= 0.6 is 0 Å². The molecule has 1 aliphatic rings. The van der Waals surface area contributed by atoms with Crippen molar-refractivity contribution in [3.05, 3.63) is 35.4 Å². The van der Waals surface area contributed by atoms with Gasteiger partial charge in [-0.2, -0.15) is 0 Å². The van der Waals surface area contributed by atoms with Crippen LogP contribution in [0.2, 0.25) is 0 Å². The van der Waals surface area contributed by atoms with E-state index in [1.807, 2.05) is 24.3 Å². The van der Waals surface area contributed by atoms with Gasteiger partial charge in [-0.05, 0) is 30.4 Å². The van der Waals surface area contributed by atoms with Gasteiger partial charge in [-0.15, -0.1) is 0 Å². The molecule has 1 atom stereocenters. The first-order chi connectivity index (χ1) is 10.2. The van der Waals surface area contributed by atoms with Crippen molar-refractivity contribution in [2.45, 2.75) is 38.3 Å². The Labute approximate surface area is 125 Å². The second-order valence-corrected chi connectivity index (χ2v) is 5.36. The fourth-order valence-electron chi connectivity index (χ4n) is 2.86. The molecule has 0 bridgehead atoms. The zero-order chi connectivity index (χ0) is 15.2. The maximum Gasteiger partial charge on any atom is 0.242 e. The second-order valence-electron chi connectivity index (χ2n) is 5.36. The molecule has 2 rings (SSSR count). The van der Waals surface area contributed by atoms with E-state index in [1.54, 1.807) is 11.9 Å². The van der Waals surface area contributed by atoms with Gasteiger partial charge in [0.25, 0.3) is 0 Å². The van der Waals surface area contributed by atoms with E-state index in [0.29, 0.717) is 19.5 Å². The number of nitrogens with two attached hydrogens (primary N) is 1. The molecule has 114 valence electrons. The van der Waals surface area contributed by atoms with Crippen LogP contribution in [-0.2, 0) is 22.6 Å². The molecule has 0 spiro atoms. The van der Waals surface area contributed by atoms with Crippen LogP contribution in [0.5, 0.6) is 0 Å². The Balaban J connectivity index is 2.12. The predicted octanol–water partition coefficient (Wildman–Crippen LogP) is 0.815. The lowest BCUT2D eigenvalue weighted by Crippen LogP contribution is -2.51. The lowest BCUT2D eigenvalue weighted by molar-refractivity contribution is -0.141. The number of hydrogen-bond donors (Lipinski definition) is 2. The number of nitrogens with one attached hydrogen (secondary N) is 1. The quantitative estimate of drug-likeness (QED) is 0.861. The van der Waals surface area contributed by atoms with Gasteiger partial charge < -0.3 is 16.0 Å². The molecule has 1 unspecified atom stereocenters. The summed E-state index contributed by atoms with van der Waals surface area (Å²) < 4.78 is 0. The lowest BCUT2D eigenvalue weighted by Gasteiger charge is -2.34. The van der Waals surface area contributed by atoms with Crippen LogP contribution in [0, 0.1) is 0 Å². The van der Waals surface area contributed by atoms with Crippen LogP contribution in [0.25, 0.3) is 0 Å². The smallest absolute Gasteiger partial charge is 0.242 e. The minimum absolute atomic E-state index is 0.00389. The maximum absolute atomic E-state index is 12.6. The molecule has 0 saturated carbocycles. The van der Waals surface area contributed by atoms with Gasteiger partial charge in [-0.3, -0.25) is 9.59 Å². The highest BCUT2D eigenvalue weighted by Gasteiger charge is 2.31. The second kappa shape index (κ2) is 7.22. The highest BCUT2D eigenvalue weighted by Crippen LogP contribution is 2.19. The zero-order valence-corrected chi connectivity index (χ0v) is 12.5. The first-order valence-electron chi connectivity index (χ1n) is 7.45. The van der Waals surface area contributed by atoms with Crippen molar-refractivity contribution in [3.8, 4) is 0 Å². The maximum atomic E-state index is 12.6. The Morgan fingerprint density at radius 2 is 2.00 bits per heavy atom. The van der Waals surface area contributed by atoms with Gasteiger partial charge in [0, 0.05) is 20.1 Å². The summed E-state index contributed by atoms with van der Waals surface area (Å²) in [5.74, 6) is -0.0700. The minimum Gasteiger partial charge on any atom is -0.357 e. The highest BCUT2D eigenvalue weighted by molar-refractivity contribution is 5.88. The first-order valence-corrected chi connectivity index (χ1v) is 7.45. The SMILES string of the molecule is CNC(=O)C1CCCCN1C(=O)Cc1ccccc1CN. The van der Waals surface area contributed by atoms with Gasteiger partial charge in [0.15, 0.2) is 0 Å². The van der Waals surface area contributed by atoms with Crippen molar-refractivity contribution in [1.29, 1.82) is 0 Å². The third kappa shape index (κ3) is 3.61. The van der Waals surface area contributed by atoms with Gasteiger partial charge in [-0.1, -0.05) is 24.3 Å². The summed E-state index contributed by atoms with van der Waals surface area (Å²) in [6, 6.07) is 7.37. The molecule has 1 heterocycles. The molecule has 1 fully saturated rings. The van der Waals surface area contributed by atoms with Crippen LogP contribution in [0.4, 0.5) is 0 Å². The molecule has 5 heteroatoms. The minimum atomic E-state index is -0.332. The molecule has 2 amide bonds. The highest BCUT2D eigenvalue weighted by atomic mass is 16.2. The number of benzene rings is 1. The van der Waals surface area contributed by atoms with E-state index in [2.05, 4.69) is 5.32 Å². The molecule has 0 radical (unpaired) electrons. The number of amides is 2. The van der Waals surface area contributed by atoms with Crippen LogP contribution in [0.3, 0.4) is 0 Å². The average Bonchev–Trinajstić information content (AvgIpc) is 2.54. The van der Waals surface area contributed by atoms with E-state index in [0.717, 1.165) is 30.4 Å². The molecule has 3 N–H and O–H groups in total. The number of carbonyl (C=O) groups excluding carboxylic acids is 2. The van der Waals surface area contributed by atoms with Gasteiger partial charge in [-0.25, -0.2) is 0 Å². The Kier molecular flexibility index (Phi) is 5.33. The molecule has 1 aromatic rings. The molecule has 5 nitrogen and oxygen atoms in total. The Morgan fingerprint density at radius 3 is 2.67 bits per heavy atom. The normalized spacial score (nSPS) is 18.4. The summed E-state index contributed by atoms with van der Waals surface area (Å²) in [6.45, 7) is 1.07. The van der Waals surface area contributed by atoms with E-state index in [-0.39, 0.29) is 17.9 Å². The number of nitrogens with zero attached hydrogens (tertiary/aromatic N) is 1. The zero-order valence-electron chi connectivity index (χ0n) is 12.5. The van der Waals surface area contributed by atoms with Crippen molar-refractivity contribution in [2.75, 3.05) is 13.6 Å². The van der Waals surface area contributed by atoms with E-state index in [1.165, 1.54) is 0 Å². The van der Waals surface area contributed by atoms with Crippen LogP contribution < -0.4 is 11.1 Å². The number of likely N-dealkylation sites (N-methyl/N-ethyl adjacent to an activating group) is 1. The number of rotatable bonds is 4. The van der Waals surface area contributed by atoms with Gasteiger partial charge in [0.2, 0.25) is 11.8 Å². The lowest BCUT2D eigenvalue weighted by atomic mass is 9.98. The fraction of sp³-hybridized carbons (Fsp3) is 0.500. The molecule has 1 aliphatic heterocycles. The Bertz CT molecular complexity index is 516. The van der Waals surface area contributed by atoms with E-state index in [4.69, 9.17) is 5.73 Å². The van der Waals surface area contributed by atoms with Crippen molar-refractivity contribution in [2.24, 2.45) is 5.73 Å². The van der Waals surface area contributed by atoms with Gasteiger partial charge >= 0.3 is 0 Å². The predicted molar refractivity (Wildman–Crippen MR) is 81.5 cm³/mol. The van der Waals surface area contributed by atoms with Crippen LogP contribution in [0.1, 0.15) is 30.4 Å². The monoisotopic (exact) mass is 289 g/mol. The van der Waals surface area contributed by atoms with E-state index in [9.17, 15) is 9.59 Å². The van der Waals surface area contributed by atoms with E-state index < -0.39 is 0 Å². The van der Waals surface area contributed by atoms with E-state index >= 15 is 0 Å². The van der Waals surface area contributed by atoms with Crippen molar-refractivity contribution in [3.63, 3.8) is 0 Å². The van der Waals surface area contributed by atoms with Crippen molar-refractivity contribution in [1.82, 2.24) is 10.2 Å². The Hall–Kier alpha value is -1.88. The third-order valence-corrected chi connectivity index (χ3v) is 4.05. The molecule has 21 heavy (non-hydrogen) atoms. The molecule has 1 saturated heterocycles. The summed E-state index contributed by atoms with van der Waals surface area (Å²) >= 11 is 0. The standard InChI is InChI=1S/C16H23N3O2/c1-18-16(21)14-8-4-5-9-19(14)15(20)10-12-6-2-3-7-13(12)11-17/h2-3,6-7,14H,4-5,8-11,17H2,1H3,(H,18,21). The first kappa shape index (κ1) is 15.5. The number of likely N-dealkylation sites (tertiary alicyclic amines) is 1. The van der Waals surface area contributed by atoms with Gasteiger partial charge in [0.1, 0.15) is 6.04 Å². The molecule has 0 aliphatic carbocycles. The Morgan fingerprint density at radius 1 is 1.29 bits per heavy atom. The average molecular weight is 289 g/mol. The summed E-state index contributed by atoms with van der Waals surface area (Å²) in [5.41, 5.74) is 7.65. The molecular weight excluding hydrogens is 266 g/mol. The summed E-state index contributed by atoms with van der Waals surface area (Å²) in [6.07, 6.45) is 2.99. The third-order valence-electron chi connectivity index (χ3n) is 4.05. The topological polar surface area (TPSA) is 75.4 Å². The van der Waals surface area contributed by atoms with Crippen LogP contribution in [-0.4, -0.2) is 36.3 Å². The summed E-state index contributed by atoms with van der Waals surface area (Å²) in [7, 11) is 1.61. The van der Waals surface area contributed by atoms with Crippen molar-refractivity contribution >= 4 is 11.8 Å². The molecular formula is C16H23N3O2. The largest absolute Gasteiger partial charge is 0.357 e. The molecule has 0 aromatic heterocycles. The summed E-state index contributed by atoms with van der Waals surface area (Å²) in [4.78, 5) is 26.2. The fourth-order valence-corrected chi connectivity index (χ4v) is 2.86. The number of carbonyl (C=O) groups is 2. The number of hydrogen-bond acceptors (Lipinski definition) is 3. The van der Waals surface area contributed by atoms with Crippen LogP contribution in [0.15, 0.2) is 24.3 Å². The van der Waals surface area contributed by atoms with Gasteiger partial charge in [0.05, 0.1) is 6.42 Å². The molecule has 1 aromatic carbocycles. The number of piperidine rings is 1.